The van der Waals surface area contributed by atoms with Gasteiger partial charge in [-0.3, -0.25) is 0 Å². The Morgan fingerprint density at radius 1 is 1.29 bits per heavy atom. The summed E-state index contributed by atoms with van der Waals surface area (Å²) in [6.45, 7) is -0.0896. The van der Waals surface area contributed by atoms with Crippen LogP contribution in [0, 0.1) is 11.3 Å². The molecular weight excluding hydrogens is 236 g/mol. The van der Waals surface area contributed by atoms with Crippen molar-refractivity contribution in [1.82, 2.24) is 4.31 Å². The average Bonchev–Trinajstić information content (AvgIpc) is 2.30. The SMILES string of the molecule is CN(CC#N)S(=O)(=O)CCCc1ccccc1. The molecule has 0 radical (unpaired) electrons. The topological polar surface area (TPSA) is 61.2 Å². The van der Waals surface area contributed by atoms with Crippen molar-refractivity contribution in [1.29, 1.82) is 5.26 Å². The number of sulfonamides is 1. The van der Waals surface area contributed by atoms with E-state index in [-0.39, 0.29) is 12.3 Å². The largest absolute Gasteiger partial charge is 0.214 e. The molecule has 0 unspecified atom stereocenters. The van der Waals surface area contributed by atoms with E-state index in [0.717, 1.165) is 16.3 Å². The van der Waals surface area contributed by atoms with Crippen LogP contribution in [0.1, 0.15) is 12.0 Å². The van der Waals surface area contributed by atoms with Gasteiger partial charge in [0, 0.05) is 7.05 Å². The van der Waals surface area contributed by atoms with Crippen molar-refractivity contribution in [2.75, 3.05) is 19.3 Å². The second-order valence-electron chi connectivity index (χ2n) is 3.82. The van der Waals surface area contributed by atoms with Crippen molar-refractivity contribution in [2.45, 2.75) is 12.8 Å². The van der Waals surface area contributed by atoms with E-state index in [1.54, 1.807) is 0 Å². The zero-order valence-electron chi connectivity index (χ0n) is 9.83. The first-order valence-electron chi connectivity index (χ1n) is 5.41. The fourth-order valence-corrected chi connectivity index (χ4v) is 2.53. The van der Waals surface area contributed by atoms with Gasteiger partial charge in [0.1, 0.15) is 6.54 Å². The summed E-state index contributed by atoms with van der Waals surface area (Å²) in [6, 6.07) is 11.6. The molecule has 0 aliphatic carbocycles. The molecule has 0 amide bonds. The van der Waals surface area contributed by atoms with Crippen LogP contribution in [0.25, 0.3) is 0 Å². The van der Waals surface area contributed by atoms with Gasteiger partial charge in [0.25, 0.3) is 0 Å². The Balaban J connectivity index is 2.44. The van der Waals surface area contributed by atoms with E-state index in [0.29, 0.717) is 6.42 Å². The summed E-state index contributed by atoms with van der Waals surface area (Å²) in [5.74, 6) is 0.0834. The minimum atomic E-state index is -3.28. The van der Waals surface area contributed by atoms with Gasteiger partial charge >= 0.3 is 0 Å². The van der Waals surface area contributed by atoms with Crippen LogP contribution in [0.3, 0.4) is 0 Å². The van der Waals surface area contributed by atoms with E-state index < -0.39 is 10.0 Å². The molecule has 0 spiro atoms. The highest BCUT2D eigenvalue weighted by Gasteiger charge is 2.16. The predicted molar refractivity (Wildman–Crippen MR) is 66.8 cm³/mol. The Bertz CT molecular complexity index is 477. The summed E-state index contributed by atoms with van der Waals surface area (Å²) in [5.41, 5.74) is 1.13. The second-order valence-corrected chi connectivity index (χ2v) is 6.01. The van der Waals surface area contributed by atoms with E-state index in [4.69, 9.17) is 5.26 Å². The molecule has 0 heterocycles. The smallest absolute Gasteiger partial charge is 0.212 e. The van der Waals surface area contributed by atoms with Crippen LogP contribution in [0.4, 0.5) is 0 Å². The number of nitriles is 1. The summed E-state index contributed by atoms with van der Waals surface area (Å²) in [7, 11) is -1.85. The molecule has 1 rings (SSSR count). The molecule has 0 bridgehead atoms. The number of hydrogen-bond acceptors (Lipinski definition) is 3. The predicted octanol–water partition coefficient (Wildman–Crippen LogP) is 1.40. The molecule has 1 aromatic rings. The highest BCUT2D eigenvalue weighted by molar-refractivity contribution is 7.89. The van der Waals surface area contributed by atoms with Crippen LogP contribution in [-0.2, 0) is 16.4 Å². The Morgan fingerprint density at radius 2 is 1.94 bits per heavy atom. The molecule has 0 saturated carbocycles. The third-order valence-corrected chi connectivity index (χ3v) is 4.36. The van der Waals surface area contributed by atoms with E-state index in [2.05, 4.69) is 0 Å². The lowest BCUT2D eigenvalue weighted by atomic mass is 10.1. The maximum Gasteiger partial charge on any atom is 0.214 e. The lowest BCUT2D eigenvalue weighted by Gasteiger charge is -2.13. The van der Waals surface area contributed by atoms with Crippen molar-refractivity contribution in [2.24, 2.45) is 0 Å². The van der Waals surface area contributed by atoms with Gasteiger partial charge in [0.2, 0.25) is 10.0 Å². The summed E-state index contributed by atoms with van der Waals surface area (Å²) < 4.78 is 24.5. The Hall–Kier alpha value is -1.38. The summed E-state index contributed by atoms with van der Waals surface area (Å²) >= 11 is 0. The van der Waals surface area contributed by atoms with Crippen LogP contribution in [0.15, 0.2) is 30.3 Å². The summed E-state index contributed by atoms with van der Waals surface area (Å²) in [6.07, 6.45) is 1.31. The van der Waals surface area contributed by atoms with Gasteiger partial charge in [-0.2, -0.15) is 9.57 Å². The highest BCUT2D eigenvalue weighted by Crippen LogP contribution is 2.06. The van der Waals surface area contributed by atoms with Crippen molar-refractivity contribution < 1.29 is 8.42 Å². The molecule has 5 heteroatoms. The number of hydrogen-bond donors (Lipinski definition) is 0. The first-order chi connectivity index (χ1) is 8.06. The van der Waals surface area contributed by atoms with Gasteiger partial charge in [-0.15, -0.1) is 0 Å². The van der Waals surface area contributed by atoms with Gasteiger partial charge in [-0.1, -0.05) is 30.3 Å². The fourth-order valence-electron chi connectivity index (χ4n) is 1.46. The van der Waals surface area contributed by atoms with Gasteiger partial charge in [0.15, 0.2) is 0 Å². The normalized spacial score (nSPS) is 11.4. The molecule has 0 aromatic heterocycles. The van der Waals surface area contributed by atoms with Gasteiger partial charge in [-0.25, -0.2) is 8.42 Å². The van der Waals surface area contributed by atoms with Crippen LogP contribution in [0.2, 0.25) is 0 Å². The molecule has 4 nitrogen and oxygen atoms in total. The molecule has 0 aliphatic heterocycles. The third kappa shape index (κ3) is 4.55. The van der Waals surface area contributed by atoms with E-state index in [9.17, 15) is 8.42 Å². The van der Waals surface area contributed by atoms with Crippen LogP contribution in [0.5, 0.6) is 0 Å². The first kappa shape index (κ1) is 13.7. The Kier molecular flexibility index (Phi) is 5.13. The molecule has 0 aliphatic rings. The monoisotopic (exact) mass is 252 g/mol. The third-order valence-electron chi connectivity index (χ3n) is 2.48. The first-order valence-corrected chi connectivity index (χ1v) is 7.02. The van der Waals surface area contributed by atoms with Crippen molar-refractivity contribution >= 4 is 10.0 Å². The average molecular weight is 252 g/mol. The van der Waals surface area contributed by atoms with Gasteiger partial charge in [0.05, 0.1) is 11.8 Å². The lowest BCUT2D eigenvalue weighted by molar-refractivity contribution is 0.499. The Morgan fingerprint density at radius 3 is 2.53 bits per heavy atom. The molecule has 0 atom stereocenters. The Labute approximate surface area is 103 Å². The molecular formula is C12H16N2O2S. The number of aryl methyl sites for hydroxylation is 1. The molecule has 0 fully saturated rings. The van der Waals surface area contributed by atoms with Crippen molar-refractivity contribution in [3.8, 4) is 6.07 Å². The standard InChI is InChI=1S/C12H16N2O2S/c1-14(10-9-13)17(15,16)11-5-8-12-6-3-2-4-7-12/h2-4,6-7H,5,8,10-11H2,1H3. The molecule has 92 valence electrons. The maximum absolute atomic E-state index is 11.7. The molecule has 1 aromatic carbocycles. The summed E-state index contributed by atoms with van der Waals surface area (Å²) in [4.78, 5) is 0. The van der Waals surface area contributed by atoms with Gasteiger partial charge < -0.3 is 0 Å². The van der Waals surface area contributed by atoms with Crippen LogP contribution >= 0.6 is 0 Å². The highest BCUT2D eigenvalue weighted by atomic mass is 32.2. The number of rotatable bonds is 6. The molecule has 0 saturated heterocycles. The fraction of sp³-hybridized carbons (Fsp3) is 0.417. The van der Waals surface area contributed by atoms with Gasteiger partial charge in [-0.05, 0) is 18.4 Å². The zero-order valence-corrected chi connectivity index (χ0v) is 10.7. The molecule has 17 heavy (non-hydrogen) atoms. The van der Waals surface area contributed by atoms with E-state index in [1.807, 2.05) is 36.4 Å². The lowest BCUT2D eigenvalue weighted by Crippen LogP contribution is -2.29. The number of benzene rings is 1. The van der Waals surface area contributed by atoms with E-state index in [1.165, 1.54) is 7.05 Å². The molecule has 0 N–H and O–H groups in total. The maximum atomic E-state index is 11.7. The quantitative estimate of drug-likeness (QED) is 0.719. The second kappa shape index (κ2) is 6.38. The minimum absolute atomic E-state index is 0.0834. The number of nitrogens with zero attached hydrogens (tertiary/aromatic N) is 2. The minimum Gasteiger partial charge on any atom is -0.212 e. The van der Waals surface area contributed by atoms with Crippen molar-refractivity contribution in [3.63, 3.8) is 0 Å². The zero-order chi connectivity index (χ0) is 12.7. The summed E-state index contributed by atoms with van der Waals surface area (Å²) in [5, 5.41) is 8.45. The van der Waals surface area contributed by atoms with E-state index >= 15 is 0 Å². The van der Waals surface area contributed by atoms with Crippen LogP contribution in [-0.4, -0.2) is 32.1 Å². The van der Waals surface area contributed by atoms with Crippen molar-refractivity contribution in [3.05, 3.63) is 35.9 Å². The van der Waals surface area contributed by atoms with Crippen LogP contribution < -0.4 is 0 Å².